The minimum absolute atomic E-state index is 0.0142. The zero-order valence-corrected chi connectivity index (χ0v) is 13.4. The summed E-state index contributed by atoms with van der Waals surface area (Å²) in [7, 11) is -3.21. The number of nitrogens with one attached hydrogen (secondary N) is 2. The molecule has 2 aliphatic heterocycles. The molecule has 0 saturated carbocycles. The van der Waals surface area contributed by atoms with Gasteiger partial charge < -0.3 is 10.2 Å². The summed E-state index contributed by atoms with van der Waals surface area (Å²) in [6.45, 7) is 1.92. The SMILES string of the molecule is CS(=O)(=O)NCC1CCCCN1C(=O)C1CSCCN1. The fraction of sp³-hybridized carbons (Fsp3) is 0.917. The predicted octanol–water partition coefficient (Wildman–Crippen LogP) is -0.378. The van der Waals surface area contributed by atoms with Crippen molar-refractivity contribution in [3.05, 3.63) is 0 Å². The Bertz CT molecular complexity index is 435. The molecule has 0 spiro atoms. The monoisotopic (exact) mass is 321 g/mol. The van der Waals surface area contributed by atoms with Crippen LogP contribution in [0.2, 0.25) is 0 Å². The van der Waals surface area contributed by atoms with E-state index in [0.29, 0.717) is 6.54 Å². The van der Waals surface area contributed by atoms with Crippen molar-refractivity contribution in [3.63, 3.8) is 0 Å². The number of carbonyl (C=O) groups is 1. The van der Waals surface area contributed by atoms with E-state index < -0.39 is 10.0 Å². The van der Waals surface area contributed by atoms with Crippen LogP contribution < -0.4 is 10.0 Å². The summed E-state index contributed by atoms with van der Waals surface area (Å²) in [5.74, 6) is 1.97. The topological polar surface area (TPSA) is 78.5 Å². The van der Waals surface area contributed by atoms with Gasteiger partial charge in [0.25, 0.3) is 0 Å². The van der Waals surface area contributed by atoms with E-state index in [-0.39, 0.29) is 18.0 Å². The van der Waals surface area contributed by atoms with Crippen LogP contribution in [0.1, 0.15) is 19.3 Å². The van der Waals surface area contributed by atoms with Crippen LogP contribution in [0.5, 0.6) is 0 Å². The highest BCUT2D eigenvalue weighted by molar-refractivity contribution is 7.99. The number of likely N-dealkylation sites (tertiary alicyclic amines) is 1. The lowest BCUT2D eigenvalue weighted by molar-refractivity contribution is -0.136. The second-order valence-corrected chi connectivity index (χ2v) is 8.37. The van der Waals surface area contributed by atoms with E-state index in [1.807, 2.05) is 4.90 Å². The van der Waals surface area contributed by atoms with Gasteiger partial charge in [0, 0.05) is 37.2 Å². The first-order valence-corrected chi connectivity index (χ1v) is 10.1. The van der Waals surface area contributed by atoms with Gasteiger partial charge in [0.15, 0.2) is 0 Å². The highest BCUT2D eigenvalue weighted by Crippen LogP contribution is 2.19. The zero-order valence-electron chi connectivity index (χ0n) is 11.8. The van der Waals surface area contributed by atoms with Crippen LogP contribution in [-0.2, 0) is 14.8 Å². The average Bonchev–Trinajstić information content (AvgIpc) is 2.45. The maximum Gasteiger partial charge on any atom is 0.240 e. The lowest BCUT2D eigenvalue weighted by atomic mass is 10.0. The highest BCUT2D eigenvalue weighted by Gasteiger charge is 2.32. The van der Waals surface area contributed by atoms with Gasteiger partial charge in [0.1, 0.15) is 0 Å². The Hall–Kier alpha value is -0.310. The highest BCUT2D eigenvalue weighted by atomic mass is 32.2. The van der Waals surface area contributed by atoms with Gasteiger partial charge in [-0.2, -0.15) is 11.8 Å². The summed E-state index contributed by atoms with van der Waals surface area (Å²) in [6, 6.07) is -0.132. The molecule has 20 heavy (non-hydrogen) atoms. The lowest BCUT2D eigenvalue weighted by Gasteiger charge is -2.38. The third kappa shape index (κ3) is 4.61. The Morgan fingerprint density at radius 3 is 2.90 bits per heavy atom. The first-order chi connectivity index (χ1) is 9.47. The number of hydrogen-bond acceptors (Lipinski definition) is 5. The normalized spacial score (nSPS) is 28.4. The molecular weight excluding hydrogens is 298 g/mol. The Kier molecular flexibility index (Phi) is 5.71. The molecule has 2 atom stereocenters. The van der Waals surface area contributed by atoms with Crippen molar-refractivity contribution < 1.29 is 13.2 Å². The predicted molar refractivity (Wildman–Crippen MR) is 81.3 cm³/mol. The lowest BCUT2D eigenvalue weighted by Crippen LogP contribution is -2.57. The van der Waals surface area contributed by atoms with Gasteiger partial charge in [-0.1, -0.05) is 0 Å². The number of hydrogen-bond donors (Lipinski definition) is 2. The minimum atomic E-state index is -3.21. The second-order valence-electron chi connectivity index (χ2n) is 5.38. The largest absolute Gasteiger partial charge is 0.337 e. The van der Waals surface area contributed by atoms with E-state index in [0.717, 1.165) is 50.1 Å². The Balaban J connectivity index is 1.96. The molecule has 0 aromatic rings. The van der Waals surface area contributed by atoms with Crippen molar-refractivity contribution in [2.24, 2.45) is 0 Å². The van der Waals surface area contributed by atoms with Crippen molar-refractivity contribution in [1.29, 1.82) is 0 Å². The molecule has 2 rings (SSSR count). The van der Waals surface area contributed by atoms with Gasteiger partial charge in [-0.15, -0.1) is 0 Å². The van der Waals surface area contributed by atoms with Gasteiger partial charge in [-0.05, 0) is 19.3 Å². The fourth-order valence-electron chi connectivity index (χ4n) is 2.67. The molecule has 2 saturated heterocycles. The maximum atomic E-state index is 12.6. The van der Waals surface area contributed by atoms with Crippen LogP contribution in [0, 0.1) is 0 Å². The van der Waals surface area contributed by atoms with Gasteiger partial charge in [-0.3, -0.25) is 4.79 Å². The van der Waals surface area contributed by atoms with E-state index in [1.54, 1.807) is 11.8 Å². The molecule has 2 fully saturated rings. The summed E-state index contributed by atoms with van der Waals surface area (Å²) >= 11 is 1.79. The first-order valence-electron chi connectivity index (χ1n) is 7.03. The van der Waals surface area contributed by atoms with Gasteiger partial charge in [-0.25, -0.2) is 13.1 Å². The van der Waals surface area contributed by atoms with Crippen LogP contribution in [0.3, 0.4) is 0 Å². The maximum absolute atomic E-state index is 12.6. The van der Waals surface area contributed by atoms with E-state index >= 15 is 0 Å². The standard InChI is InChI=1S/C12H23N3O3S2/c1-20(17,18)14-8-10-4-2-3-6-15(10)12(16)11-9-19-7-5-13-11/h10-11,13-14H,2-9H2,1H3. The second kappa shape index (κ2) is 7.11. The molecule has 6 nitrogen and oxygen atoms in total. The van der Waals surface area contributed by atoms with E-state index in [9.17, 15) is 13.2 Å². The van der Waals surface area contributed by atoms with E-state index in [4.69, 9.17) is 0 Å². The Labute approximate surface area is 125 Å². The Morgan fingerprint density at radius 1 is 1.45 bits per heavy atom. The third-order valence-electron chi connectivity index (χ3n) is 3.71. The molecule has 8 heteroatoms. The van der Waals surface area contributed by atoms with E-state index in [1.165, 1.54) is 0 Å². The number of piperidine rings is 1. The molecule has 2 heterocycles. The fourth-order valence-corrected chi connectivity index (χ4v) is 4.09. The van der Waals surface area contributed by atoms with Gasteiger partial charge >= 0.3 is 0 Å². The first kappa shape index (κ1) is 16.1. The van der Waals surface area contributed by atoms with Crippen LogP contribution in [0.15, 0.2) is 0 Å². The number of carbonyl (C=O) groups excluding carboxylic acids is 1. The number of nitrogens with zero attached hydrogens (tertiary/aromatic N) is 1. The number of amides is 1. The summed E-state index contributed by atoms with van der Waals surface area (Å²) in [4.78, 5) is 14.4. The smallest absolute Gasteiger partial charge is 0.240 e. The molecule has 0 bridgehead atoms. The summed E-state index contributed by atoms with van der Waals surface area (Å²) in [5.41, 5.74) is 0. The molecule has 0 aromatic carbocycles. The van der Waals surface area contributed by atoms with E-state index in [2.05, 4.69) is 10.0 Å². The molecule has 2 unspecified atom stereocenters. The van der Waals surface area contributed by atoms with Gasteiger partial charge in [0.05, 0.1) is 12.3 Å². The van der Waals surface area contributed by atoms with Crippen LogP contribution in [-0.4, -0.2) is 68.7 Å². The molecule has 0 aliphatic carbocycles. The van der Waals surface area contributed by atoms with Gasteiger partial charge in [0.2, 0.25) is 15.9 Å². The minimum Gasteiger partial charge on any atom is -0.337 e. The number of rotatable bonds is 4. The van der Waals surface area contributed by atoms with Crippen molar-refractivity contribution in [1.82, 2.24) is 14.9 Å². The van der Waals surface area contributed by atoms with Crippen LogP contribution >= 0.6 is 11.8 Å². The van der Waals surface area contributed by atoms with Crippen molar-refractivity contribution >= 4 is 27.7 Å². The molecular formula is C12H23N3O3S2. The number of sulfonamides is 1. The Morgan fingerprint density at radius 2 is 2.25 bits per heavy atom. The molecule has 2 aliphatic rings. The molecule has 2 N–H and O–H groups in total. The third-order valence-corrected chi connectivity index (χ3v) is 5.46. The van der Waals surface area contributed by atoms with Crippen molar-refractivity contribution in [3.8, 4) is 0 Å². The quantitative estimate of drug-likeness (QED) is 0.738. The molecule has 116 valence electrons. The summed E-state index contributed by atoms with van der Waals surface area (Å²) < 4.78 is 25.0. The summed E-state index contributed by atoms with van der Waals surface area (Å²) in [6.07, 6.45) is 4.07. The van der Waals surface area contributed by atoms with Crippen LogP contribution in [0.25, 0.3) is 0 Å². The average molecular weight is 321 g/mol. The molecule has 0 radical (unpaired) electrons. The molecule has 0 aromatic heterocycles. The number of thioether (sulfide) groups is 1. The summed E-state index contributed by atoms with van der Waals surface area (Å²) in [5, 5.41) is 3.26. The van der Waals surface area contributed by atoms with Crippen molar-refractivity contribution in [2.45, 2.75) is 31.3 Å². The van der Waals surface area contributed by atoms with Crippen molar-refractivity contribution in [2.75, 3.05) is 37.4 Å². The zero-order chi connectivity index (χ0) is 14.6. The van der Waals surface area contributed by atoms with Crippen LogP contribution in [0.4, 0.5) is 0 Å². The molecule has 1 amide bonds.